The molecule has 94 valence electrons. The molecule has 1 fully saturated rings. The highest BCUT2D eigenvalue weighted by Gasteiger charge is 2.29. The molecule has 0 aromatic heterocycles. The van der Waals surface area contributed by atoms with Crippen LogP contribution in [0.4, 0.5) is 0 Å². The second-order valence-electron chi connectivity index (χ2n) is 4.84. The van der Waals surface area contributed by atoms with Gasteiger partial charge in [-0.05, 0) is 37.8 Å². The van der Waals surface area contributed by atoms with E-state index in [0.717, 1.165) is 44.5 Å². The van der Waals surface area contributed by atoms with Crippen LogP contribution < -0.4 is 0 Å². The Morgan fingerprint density at radius 3 is 2.61 bits per heavy atom. The summed E-state index contributed by atoms with van der Waals surface area (Å²) in [5.74, 6) is 6.83. The highest BCUT2D eigenvalue weighted by Crippen LogP contribution is 2.34. The first-order chi connectivity index (χ1) is 8.85. The van der Waals surface area contributed by atoms with Crippen molar-refractivity contribution in [1.82, 2.24) is 0 Å². The van der Waals surface area contributed by atoms with Crippen molar-refractivity contribution in [3.8, 4) is 11.8 Å². The molecule has 0 amide bonds. The van der Waals surface area contributed by atoms with E-state index < -0.39 is 0 Å². The van der Waals surface area contributed by atoms with Crippen molar-refractivity contribution in [2.75, 3.05) is 13.2 Å². The lowest BCUT2D eigenvalue weighted by Crippen LogP contribution is -2.28. The highest BCUT2D eigenvalue weighted by atomic mass is 16.5. The molecule has 1 nitrogen and oxygen atoms in total. The Hall–Kier alpha value is -1.52. The van der Waals surface area contributed by atoms with Gasteiger partial charge in [-0.2, -0.15) is 0 Å². The van der Waals surface area contributed by atoms with Gasteiger partial charge in [0.2, 0.25) is 0 Å². The van der Waals surface area contributed by atoms with Gasteiger partial charge in [-0.3, -0.25) is 0 Å². The van der Waals surface area contributed by atoms with Gasteiger partial charge in [-0.15, -0.1) is 6.58 Å². The van der Waals surface area contributed by atoms with Gasteiger partial charge in [0.25, 0.3) is 0 Å². The van der Waals surface area contributed by atoms with Gasteiger partial charge >= 0.3 is 0 Å². The summed E-state index contributed by atoms with van der Waals surface area (Å²) in [5, 5.41) is 0. The Kier molecular flexibility index (Phi) is 4.61. The number of rotatable bonds is 3. The highest BCUT2D eigenvalue weighted by molar-refractivity contribution is 5.35. The first-order valence-electron chi connectivity index (χ1n) is 6.62. The summed E-state index contributed by atoms with van der Waals surface area (Å²) >= 11 is 0. The molecule has 0 spiro atoms. The monoisotopic (exact) mass is 240 g/mol. The van der Waals surface area contributed by atoms with Crippen molar-refractivity contribution in [3.05, 3.63) is 48.6 Å². The molecule has 1 saturated heterocycles. The largest absolute Gasteiger partial charge is 0.381 e. The maximum atomic E-state index is 5.46. The van der Waals surface area contributed by atoms with Crippen molar-refractivity contribution in [2.24, 2.45) is 5.41 Å². The fourth-order valence-electron chi connectivity index (χ4n) is 2.30. The Labute approximate surface area is 110 Å². The summed E-state index contributed by atoms with van der Waals surface area (Å²) in [4.78, 5) is 0. The van der Waals surface area contributed by atoms with Crippen molar-refractivity contribution in [1.29, 1.82) is 0 Å². The summed E-state index contributed by atoms with van der Waals surface area (Å²) in [5.41, 5.74) is 1.23. The van der Waals surface area contributed by atoms with Gasteiger partial charge in [-0.1, -0.05) is 36.1 Å². The molecular formula is C17H20O. The molecule has 1 aliphatic rings. The molecule has 0 radical (unpaired) electrons. The fraction of sp³-hybridized carbons (Fsp3) is 0.412. The summed E-state index contributed by atoms with van der Waals surface area (Å²) in [6, 6.07) is 10.2. The summed E-state index contributed by atoms with van der Waals surface area (Å²) < 4.78 is 5.46. The van der Waals surface area contributed by atoms with Crippen molar-refractivity contribution in [3.63, 3.8) is 0 Å². The number of hydrogen-bond donors (Lipinski definition) is 0. The van der Waals surface area contributed by atoms with E-state index >= 15 is 0 Å². The molecule has 2 rings (SSSR count). The predicted molar refractivity (Wildman–Crippen MR) is 75.2 cm³/mol. The lowest BCUT2D eigenvalue weighted by Gasteiger charge is -2.32. The van der Waals surface area contributed by atoms with Crippen LogP contribution in [0.5, 0.6) is 0 Å². The zero-order valence-electron chi connectivity index (χ0n) is 10.8. The van der Waals surface area contributed by atoms with Crippen molar-refractivity contribution < 1.29 is 4.74 Å². The molecule has 0 atom stereocenters. The molecule has 1 aromatic carbocycles. The first-order valence-corrected chi connectivity index (χ1v) is 6.62. The molecule has 0 saturated carbocycles. The molecule has 1 aromatic rings. The van der Waals surface area contributed by atoms with Gasteiger partial charge < -0.3 is 4.74 Å². The maximum Gasteiger partial charge on any atom is 0.0480 e. The van der Waals surface area contributed by atoms with Crippen LogP contribution in [0, 0.1) is 17.3 Å². The van der Waals surface area contributed by atoms with Crippen molar-refractivity contribution >= 4 is 0 Å². The van der Waals surface area contributed by atoms with E-state index in [9.17, 15) is 0 Å². The minimum Gasteiger partial charge on any atom is -0.381 e. The van der Waals surface area contributed by atoms with Crippen LogP contribution in [0.1, 0.15) is 31.2 Å². The summed E-state index contributed by atoms with van der Waals surface area (Å²) in [6.07, 6.45) is 6.20. The van der Waals surface area contributed by atoms with Crippen LogP contribution in [0.25, 0.3) is 0 Å². The normalized spacial score (nSPS) is 17.6. The third kappa shape index (κ3) is 3.48. The standard InChI is InChI=1S/C17H20O/c1-2-3-10-17(12-14-18-15-13-17)11-9-16-7-5-4-6-8-16/h2,4-8H,1,3,10,12-15H2. The summed E-state index contributed by atoms with van der Waals surface area (Å²) in [7, 11) is 0. The van der Waals surface area contributed by atoms with Crippen LogP contribution in [-0.2, 0) is 4.74 Å². The Morgan fingerprint density at radius 1 is 1.22 bits per heavy atom. The molecule has 1 heterocycles. The number of allylic oxidation sites excluding steroid dienone is 1. The Bertz CT molecular complexity index is 430. The molecule has 0 unspecified atom stereocenters. The van der Waals surface area contributed by atoms with E-state index in [0.29, 0.717) is 0 Å². The van der Waals surface area contributed by atoms with Gasteiger partial charge in [0.1, 0.15) is 0 Å². The van der Waals surface area contributed by atoms with Gasteiger partial charge in [0, 0.05) is 24.2 Å². The lowest BCUT2D eigenvalue weighted by atomic mass is 9.77. The Morgan fingerprint density at radius 2 is 1.94 bits per heavy atom. The predicted octanol–water partition coefficient (Wildman–Crippen LogP) is 3.80. The van der Waals surface area contributed by atoms with E-state index in [1.165, 1.54) is 0 Å². The lowest BCUT2D eigenvalue weighted by molar-refractivity contribution is 0.0383. The molecule has 18 heavy (non-hydrogen) atoms. The fourth-order valence-corrected chi connectivity index (χ4v) is 2.30. The van der Waals surface area contributed by atoms with E-state index in [-0.39, 0.29) is 5.41 Å². The zero-order valence-corrected chi connectivity index (χ0v) is 10.8. The Balaban J connectivity index is 2.14. The maximum absolute atomic E-state index is 5.46. The minimum atomic E-state index is 0.127. The first kappa shape index (κ1) is 12.9. The van der Waals surface area contributed by atoms with E-state index in [1.54, 1.807) is 0 Å². The smallest absolute Gasteiger partial charge is 0.0480 e. The molecule has 1 aliphatic heterocycles. The quantitative estimate of drug-likeness (QED) is 0.577. The summed E-state index contributed by atoms with van der Waals surface area (Å²) in [6.45, 7) is 5.48. The van der Waals surface area contributed by atoms with Crippen LogP contribution in [0.2, 0.25) is 0 Å². The zero-order chi connectivity index (χ0) is 12.7. The van der Waals surface area contributed by atoms with E-state index in [2.05, 4.69) is 30.6 Å². The minimum absolute atomic E-state index is 0.127. The molecule has 0 N–H and O–H groups in total. The van der Waals surface area contributed by atoms with Crippen LogP contribution in [0.15, 0.2) is 43.0 Å². The van der Waals surface area contributed by atoms with Crippen molar-refractivity contribution in [2.45, 2.75) is 25.7 Å². The SMILES string of the molecule is C=CCCC1(C#Cc2ccccc2)CCOCC1. The number of ether oxygens (including phenoxy) is 1. The third-order valence-corrected chi connectivity index (χ3v) is 3.52. The van der Waals surface area contributed by atoms with Crippen LogP contribution >= 0.6 is 0 Å². The molecule has 0 aliphatic carbocycles. The second kappa shape index (κ2) is 6.42. The van der Waals surface area contributed by atoms with E-state index in [1.807, 2.05) is 24.3 Å². The number of hydrogen-bond acceptors (Lipinski definition) is 1. The second-order valence-corrected chi connectivity index (χ2v) is 4.84. The third-order valence-electron chi connectivity index (χ3n) is 3.52. The molecule has 1 heteroatoms. The average molecular weight is 240 g/mol. The van der Waals surface area contributed by atoms with Crippen LogP contribution in [-0.4, -0.2) is 13.2 Å². The molecular weight excluding hydrogens is 220 g/mol. The number of benzene rings is 1. The topological polar surface area (TPSA) is 9.23 Å². The van der Waals surface area contributed by atoms with Crippen LogP contribution in [0.3, 0.4) is 0 Å². The van der Waals surface area contributed by atoms with Gasteiger partial charge in [0.05, 0.1) is 0 Å². The van der Waals surface area contributed by atoms with Gasteiger partial charge in [0.15, 0.2) is 0 Å². The molecule has 0 bridgehead atoms. The average Bonchev–Trinajstić information content (AvgIpc) is 2.45. The van der Waals surface area contributed by atoms with Gasteiger partial charge in [-0.25, -0.2) is 0 Å². The van der Waals surface area contributed by atoms with E-state index in [4.69, 9.17) is 4.74 Å².